The molecule has 0 aliphatic heterocycles. The molecular weight excluding hydrogens is 263 g/mol. The molecule has 20 heavy (non-hydrogen) atoms. The van der Waals surface area contributed by atoms with Crippen LogP contribution in [0.5, 0.6) is 0 Å². The number of halogens is 3. The SMILES string of the molecule is CCNC(c1ccc(C(F)(F)F)cc1)C1CC2CC2C1. The molecule has 3 rings (SSSR count). The summed E-state index contributed by atoms with van der Waals surface area (Å²) >= 11 is 0. The Morgan fingerprint density at radius 3 is 2.20 bits per heavy atom. The Morgan fingerprint density at radius 1 is 1.10 bits per heavy atom. The molecule has 0 aromatic heterocycles. The number of nitrogens with one attached hydrogen (secondary N) is 1. The lowest BCUT2D eigenvalue weighted by molar-refractivity contribution is -0.137. The summed E-state index contributed by atoms with van der Waals surface area (Å²) in [5.74, 6) is 2.35. The third-order valence-corrected chi connectivity index (χ3v) is 4.77. The van der Waals surface area contributed by atoms with Crippen LogP contribution in [0.15, 0.2) is 24.3 Å². The largest absolute Gasteiger partial charge is 0.416 e. The Morgan fingerprint density at radius 2 is 1.70 bits per heavy atom. The molecule has 3 unspecified atom stereocenters. The zero-order valence-electron chi connectivity index (χ0n) is 11.6. The van der Waals surface area contributed by atoms with E-state index in [-0.39, 0.29) is 6.04 Å². The molecule has 4 heteroatoms. The lowest BCUT2D eigenvalue weighted by Crippen LogP contribution is -2.27. The van der Waals surface area contributed by atoms with Gasteiger partial charge < -0.3 is 5.32 Å². The first kappa shape index (κ1) is 13.9. The third kappa shape index (κ3) is 2.71. The molecule has 0 radical (unpaired) electrons. The van der Waals surface area contributed by atoms with Gasteiger partial charge in [0.15, 0.2) is 0 Å². The number of alkyl halides is 3. The van der Waals surface area contributed by atoms with Crippen LogP contribution in [0, 0.1) is 17.8 Å². The smallest absolute Gasteiger partial charge is 0.310 e. The van der Waals surface area contributed by atoms with E-state index in [2.05, 4.69) is 5.32 Å². The maximum Gasteiger partial charge on any atom is 0.416 e. The van der Waals surface area contributed by atoms with E-state index in [1.54, 1.807) is 12.1 Å². The van der Waals surface area contributed by atoms with Gasteiger partial charge in [-0.15, -0.1) is 0 Å². The lowest BCUT2D eigenvalue weighted by Gasteiger charge is -2.26. The normalized spacial score (nSPS) is 30.1. The topological polar surface area (TPSA) is 12.0 Å². The molecule has 2 aliphatic carbocycles. The predicted octanol–water partition coefficient (Wildman–Crippen LogP) is 4.40. The molecule has 2 aliphatic rings. The van der Waals surface area contributed by atoms with Crippen LogP contribution in [-0.4, -0.2) is 6.54 Å². The van der Waals surface area contributed by atoms with Crippen molar-refractivity contribution in [2.45, 2.75) is 38.4 Å². The van der Waals surface area contributed by atoms with Crippen molar-refractivity contribution in [2.75, 3.05) is 6.54 Å². The summed E-state index contributed by atoms with van der Waals surface area (Å²) in [6.45, 7) is 2.89. The average molecular weight is 283 g/mol. The van der Waals surface area contributed by atoms with Gasteiger partial charge in [0.25, 0.3) is 0 Å². The van der Waals surface area contributed by atoms with Gasteiger partial charge in [0.1, 0.15) is 0 Å². The van der Waals surface area contributed by atoms with E-state index in [4.69, 9.17) is 0 Å². The molecule has 3 atom stereocenters. The van der Waals surface area contributed by atoms with Gasteiger partial charge in [-0.2, -0.15) is 13.2 Å². The third-order valence-electron chi connectivity index (χ3n) is 4.77. The van der Waals surface area contributed by atoms with Gasteiger partial charge in [0.2, 0.25) is 0 Å². The van der Waals surface area contributed by atoms with Crippen molar-refractivity contribution in [3.63, 3.8) is 0 Å². The minimum Gasteiger partial charge on any atom is -0.310 e. The molecule has 0 heterocycles. The molecule has 1 N–H and O–H groups in total. The molecule has 1 aromatic carbocycles. The van der Waals surface area contributed by atoms with Crippen molar-refractivity contribution in [3.05, 3.63) is 35.4 Å². The fourth-order valence-corrected chi connectivity index (χ4v) is 3.69. The van der Waals surface area contributed by atoms with E-state index in [1.165, 1.54) is 31.4 Å². The van der Waals surface area contributed by atoms with Crippen LogP contribution in [0.3, 0.4) is 0 Å². The van der Waals surface area contributed by atoms with E-state index in [0.29, 0.717) is 5.92 Å². The molecule has 1 nitrogen and oxygen atoms in total. The highest BCUT2D eigenvalue weighted by atomic mass is 19.4. The van der Waals surface area contributed by atoms with Crippen molar-refractivity contribution in [3.8, 4) is 0 Å². The maximum absolute atomic E-state index is 12.6. The minimum atomic E-state index is -4.25. The lowest BCUT2D eigenvalue weighted by atomic mass is 9.88. The van der Waals surface area contributed by atoms with Crippen LogP contribution in [0.2, 0.25) is 0 Å². The first-order chi connectivity index (χ1) is 9.49. The first-order valence-corrected chi connectivity index (χ1v) is 7.39. The molecule has 2 fully saturated rings. The van der Waals surface area contributed by atoms with Crippen LogP contribution >= 0.6 is 0 Å². The minimum absolute atomic E-state index is 0.204. The molecular formula is C16H20F3N. The van der Waals surface area contributed by atoms with E-state index >= 15 is 0 Å². The second kappa shape index (κ2) is 5.06. The number of hydrogen-bond donors (Lipinski definition) is 1. The van der Waals surface area contributed by atoms with E-state index in [0.717, 1.165) is 23.9 Å². The summed E-state index contributed by atoms with van der Waals surface area (Å²) in [7, 11) is 0. The quantitative estimate of drug-likeness (QED) is 0.863. The zero-order chi connectivity index (χ0) is 14.3. The van der Waals surface area contributed by atoms with E-state index in [9.17, 15) is 13.2 Å². The van der Waals surface area contributed by atoms with Crippen molar-refractivity contribution in [2.24, 2.45) is 17.8 Å². The zero-order valence-corrected chi connectivity index (χ0v) is 11.6. The van der Waals surface area contributed by atoms with Gasteiger partial charge >= 0.3 is 6.18 Å². The van der Waals surface area contributed by atoms with Gasteiger partial charge in [0, 0.05) is 6.04 Å². The number of hydrogen-bond acceptors (Lipinski definition) is 1. The molecule has 110 valence electrons. The number of benzene rings is 1. The van der Waals surface area contributed by atoms with Crippen LogP contribution in [0.4, 0.5) is 13.2 Å². The summed E-state index contributed by atoms with van der Waals surface area (Å²) in [5.41, 5.74) is 0.428. The monoisotopic (exact) mass is 283 g/mol. The van der Waals surface area contributed by atoms with Gasteiger partial charge in [-0.05, 0) is 61.3 Å². The molecule has 2 saturated carbocycles. The Kier molecular flexibility index (Phi) is 3.53. The number of rotatable bonds is 4. The molecule has 0 bridgehead atoms. The van der Waals surface area contributed by atoms with Crippen LogP contribution in [0.1, 0.15) is 43.4 Å². The fourth-order valence-electron chi connectivity index (χ4n) is 3.69. The summed E-state index contributed by atoms with van der Waals surface area (Å²) in [6, 6.07) is 5.89. The highest BCUT2D eigenvalue weighted by Gasteiger charge is 2.48. The van der Waals surface area contributed by atoms with Crippen molar-refractivity contribution >= 4 is 0 Å². The Balaban J connectivity index is 1.77. The number of fused-ring (bicyclic) bond motifs is 1. The van der Waals surface area contributed by atoms with Crippen molar-refractivity contribution in [1.29, 1.82) is 0 Å². The summed E-state index contributed by atoms with van der Waals surface area (Å²) in [4.78, 5) is 0. The standard InChI is InChI=1S/C16H20F3N/c1-2-20-15(13-8-11-7-12(11)9-13)10-3-5-14(6-4-10)16(17,18)19/h3-6,11-13,15,20H,2,7-9H2,1H3. The summed E-state index contributed by atoms with van der Waals surface area (Å²) < 4.78 is 37.8. The van der Waals surface area contributed by atoms with E-state index in [1.807, 2.05) is 6.92 Å². The fraction of sp³-hybridized carbons (Fsp3) is 0.625. The Labute approximate surface area is 117 Å². The van der Waals surface area contributed by atoms with Crippen LogP contribution in [0.25, 0.3) is 0 Å². The Bertz CT molecular complexity index is 456. The molecule has 0 saturated heterocycles. The van der Waals surface area contributed by atoms with Gasteiger partial charge in [-0.1, -0.05) is 19.1 Å². The van der Waals surface area contributed by atoms with Crippen molar-refractivity contribution < 1.29 is 13.2 Å². The van der Waals surface area contributed by atoms with Gasteiger partial charge in [-0.3, -0.25) is 0 Å². The Hall–Kier alpha value is -1.03. The maximum atomic E-state index is 12.6. The second-order valence-corrected chi connectivity index (χ2v) is 6.14. The average Bonchev–Trinajstić information content (AvgIpc) is 3.02. The second-order valence-electron chi connectivity index (χ2n) is 6.14. The highest BCUT2D eigenvalue weighted by molar-refractivity contribution is 5.27. The first-order valence-electron chi connectivity index (χ1n) is 7.39. The predicted molar refractivity (Wildman–Crippen MR) is 72.2 cm³/mol. The van der Waals surface area contributed by atoms with E-state index < -0.39 is 11.7 Å². The summed E-state index contributed by atoms with van der Waals surface area (Å²) in [5, 5.41) is 3.46. The summed E-state index contributed by atoms with van der Waals surface area (Å²) in [6.07, 6.45) is -0.434. The molecule has 0 spiro atoms. The van der Waals surface area contributed by atoms with Crippen LogP contribution < -0.4 is 5.32 Å². The molecule has 1 aromatic rings. The highest BCUT2D eigenvalue weighted by Crippen LogP contribution is 2.57. The van der Waals surface area contributed by atoms with Gasteiger partial charge in [0.05, 0.1) is 5.56 Å². The van der Waals surface area contributed by atoms with Gasteiger partial charge in [-0.25, -0.2) is 0 Å². The van der Waals surface area contributed by atoms with Crippen LogP contribution in [-0.2, 0) is 6.18 Å². The molecule has 0 amide bonds. The van der Waals surface area contributed by atoms with Crippen molar-refractivity contribution in [1.82, 2.24) is 5.32 Å².